The number of sulfonamides is 1. The zero-order valence-corrected chi connectivity index (χ0v) is 16.3. The molecule has 0 heterocycles. The molecule has 0 aliphatic heterocycles. The molecule has 2 N–H and O–H groups in total. The van der Waals surface area contributed by atoms with Gasteiger partial charge >= 0.3 is 0 Å². The summed E-state index contributed by atoms with van der Waals surface area (Å²) in [5.74, 6) is 1.14. The first kappa shape index (κ1) is 20.5. The zero-order chi connectivity index (χ0) is 20.0. The lowest BCUT2D eigenvalue weighted by atomic mass is 10.2. The van der Waals surface area contributed by atoms with Crippen molar-refractivity contribution in [1.29, 1.82) is 0 Å². The van der Waals surface area contributed by atoms with E-state index in [2.05, 4.69) is 10.0 Å². The van der Waals surface area contributed by atoms with Crippen LogP contribution in [0.2, 0.25) is 0 Å². The van der Waals surface area contributed by atoms with Crippen LogP contribution in [0, 0.1) is 0 Å². The average molecular weight is 394 g/mol. The van der Waals surface area contributed by atoms with E-state index in [0.717, 1.165) is 0 Å². The quantitative estimate of drug-likeness (QED) is 0.711. The van der Waals surface area contributed by atoms with Crippen molar-refractivity contribution in [3.63, 3.8) is 0 Å². The molecule has 0 aliphatic carbocycles. The lowest BCUT2D eigenvalue weighted by molar-refractivity contribution is -0.114. The van der Waals surface area contributed by atoms with E-state index >= 15 is 0 Å². The van der Waals surface area contributed by atoms with Crippen molar-refractivity contribution in [2.24, 2.45) is 0 Å². The molecule has 8 nitrogen and oxygen atoms in total. The summed E-state index contributed by atoms with van der Waals surface area (Å²) < 4.78 is 43.3. The Labute approximate surface area is 158 Å². The fraction of sp³-hybridized carbons (Fsp3) is 0.278. The summed E-state index contributed by atoms with van der Waals surface area (Å²) in [6.07, 6.45) is 0. The van der Waals surface area contributed by atoms with Crippen molar-refractivity contribution in [2.45, 2.75) is 18.4 Å². The molecular weight excluding hydrogens is 372 g/mol. The van der Waals surface area contributed by atoms with Crippen molar-refractivity contribution in [1.82, 2.24) is 4.72 Å². The predicted octanol–water partition coefficient (Wildman–Crippen LogP) is 2.15. The highest BCUT2D eigenvalue weighted by Crippen LogP contribution is 2.28. The van der Waals surface area contributed by atoms with Gasteiger partial charge in [0.15, 0.2) is 0 Å². The molecule has 146 valence electrons. The second-order valence-electron chi connectivity index (χ2n) is 5.55. The number of hydrogen-bond acceptors (Lipinski definition) is 6. The molecule has 2 aromatic rings. The molecule has 0 atom stereocenters. The molecule has 0 fully saturated rings. The SMILES string of the molecule is COc1ccc(CNS(=O)(=O)c2ccc(OC)c(NC(C)=O)c2)c(OC)c1. The van der Waals surface area contributed by atoms with Gasteiger partial charge in [-0.3, -0.25) is 4.79 Å². The Balaban J connectivity index is 2.25. The Bertz CT molecular complexity index is 927. The van der Waals surface area contributed by atoms with Gasteiger partial charge in [0.05, 0.1) is 31.9 Å². The maximum absolute atomic E-state index is 12.6. The molecule has 0 aliphatic rings. The number of hydrogen-bond donors (Lipinski definition) is 2. The van der Waals surface area contributed by atoms with Crippen LogP contribution < -0.4 is 24.2 Å². The van der Waals surface area contributed by atoms with Crippen LogP contribution in [0.5, 0.6) is 17.2 Å². The van der Waals surface area contributed by atoms with Gasteiger partial charge in [-0.05, 0) is 24.3 Å². The largest absolute Gasteiger partial charge is 0.497 e. The summed E-state index contributed by atoms with van der Waals surface area (Å²) in [6, 6.07) is 9.33. The van der Waals surface area contributed by atoms with E-state index in [1.165, 1.54) is 46.5 Å². The normalized spacial score (nSPS) is 11.0. The Morgan fingerprint density at radius 2 is 1.67 bits per heavy atom. The van der Waals surface area contributed by atoms with Gasteiger partial charge in [0.1, 0.15) is 17.2 Å². The third-order valence-corrected chi connectivity index (χ3v) is 5.14. The topological polar surface area (TPSA) is 103 Å². The van der Waals surface area contributed by atoms with E-state index < -0.39 is 10.0 Å². The Kier molecular flexibility index (Phi) is 6.65. The molecule has 2 aromatic carbocycles. The summed E-state index contributed by atoms with van der Waals surface area (Å²) in [7, 11) is 0.639. The van der Waals surface area contributed by atoms with Crippen molar-refractivity contribution >= 4 is 21.6 Å². The van der Waals surface area contributed by atoms with Crippen molar-refractivity contribution in [3.8, 4) is 17.2 Å². The fourth-order valence-corrected chi connectivity index (χ4v) is 3.43. The Hall–Kier alpha value is -2.78. The zero-order valence-electron chi connectivity index (χ0n) is 15.5. The standard InChI is InChI=1S/C18H22N2O6S/c1-12(21)20-16-10-15(7-8-17(16)25-3)27(22,23)19-11-13-5-6-14(24-2)9-18(13)26-4/h5-10,19H,11H2,1-4H3,(H,20,21). The minimum atomic E-state index is -3.83. The predicted molar refractivity (Wildman–Crippen MR) is 101 cm³/mol. The molecule has 9 heteroatoms. The van der Waals surface area contributed by atoms with Crippen LogP contribution in [0.4, 0.5) is 5.69 Å². The van der Waals surface area contributed by atoms with Gasteiger partial charge in [-0.1, -0.05) is 6.07 Å². The Morgan fingerprint density at radius 1 is 0.963 bits per heavy atom. The summed E-state index contributed by atoms with van der Waals surface area (Å²) >= 11 is 0. The van der Waals surface area contributed by atoms with Crippen LogP contribution in [0.1, 0.15) is 12.5 Å². The number of nitrogens with one attached hydrogen (secondary N) is 2. The van der Waals surface area contributed by atoms with E-state index in [4.69, 9.17) is 14.2 Å². The number of anilines is 1. The summed E-state index contributed by atoms with van der Waals surface area (Å²) in [5.41, 5.74) is 0.923. The number of benzene rings is 2. The van der Waals surface area contributed by atoms with Crippen LogP contribution in [0.3, 0.4) is 0 Å². The number of carbonyl (C=O) groups excluding carboxylic acids is 1. The maximum atomic E-state index is 12.6. The van der Waals surface area contributed by atoms with Crippen LogP contribution in [-0.4, -0.2) is 35.7 Å². The molecule has 0 bridgehead atoms. The average Bonchev–Trinajstić information content (AvgIpc) is 2.65. The van der Waals surface area contributed by atoms with Crippen LogP contribution in [0.15, 0.2) is 41.3 Å². The highest BCUT2D eigenvalue weighted by Gasteiger charge is 2.18. The summed E-state index contributed by atoms with van der Waals surface area (Å²) in [6.45, 7) is 1.35. The maximum Gasteiger partial charge on any atom is 0.240 e. The highest BCUT2D eigenvalue weighted by molar-refractivity contribution is 7.89. The first-order valence-corrected chi connectivity index (χ1v) is 9.45. The van der Waals surface area contributed by atoms with E-state index in [1.54, 1.807) is 18.2 Å². The number of rotatable bonds is 8. The minimum Gasteiger partial charge on any atom is -0.497 e. The second kappa shape index (κ2) is 8.74. The third kappa shape index (κ3) is 5.11. The van der Waals surface area contributed by atoms with Gasteiger partial charge in [-0.25, -0.2) is 13.1 Å². The molecule has 0 spiro atoms. The third-order valence-electron chi connectivity index (χ3n) is 3.74. The van der Waals surface area contributed by atoms with Gasteiger partial charge in [0, 0.05) is 25.1 Å². The summed E-state index contributed by atoms with van der Waals surface area (Å²) in [4.78, 5) is 11.3. The highest BCUT2D eigenvalue weighted by atomic mass is 32.2. The van der Waals surface area contributed by atoms with Crippen LogP contribution in [-0.2, 0) is 21.4 Å². The van der Waals surface area contributed by atoms with Crippen LogP contribution >= 0.6 is 0 Å². The van der Waals surface area contributed by atoms with Gasteiger partial charge in [-0.2, -0.15) is 0 Å². The molecule has 0 radical (unpaired) electrons. The number of methoxy groups -OCH3 is 3. The molecular formula is C18H22N2O6S. The number of carbonyl (C=O) groups is 1. The van der Waals surface area contributed by atoms with Crippen molar-refractivity contribution < 1.29 is 27.4 Å². The summed E-state index contributed by atoms with van der Waals surface area (Å²) in [5, 5.41) is 2.55. The van der Waals surface area contributed by atoms with E-state index in [0.29, 0.717) is 22.8 Å². The van der Waals surface area contributed by atoms with Crippen molar-refractivity contribution in [3.05, 3.63) is 42.0 Å². The van der Waals surface area contributed by atoms with Crippen LogP contribution in [0.25, 0.3) is 0 Å². The first-order chi connectivity index (χ1) is 12.8. The van der Waals surface area contributed by atoms with Gasteiger partial charge in [0.2, 0.25) is 15.9 Å². The lowest BCUT2D eigenvalue weighted by Crippen LogP contribution is -2.23. The minimum absolute atomic E-state index is 0.000437. The van der Waals surface area contributed by atoms with E-state index in [1.807, 2.05) is 0 Å². The van der Waals surface area contributed by atoms with Crippen molar-refractivity contribution in [2.75, 3.05) is 26.6 Å². The molecule has 27 heavy (non-hydrogen) atoms. The molecule has 2 rings (SSSR count). The van der Waals surface area contributed by atoms with E-state index in [9.17, 15) is 13.2 Å². The van der Waals surface area contributed by atoms with Gasteiger partial charge in [-0.15, -0.1) is 0 Å². The Morgan fingerprint density at radius 3 is 2.26 bits per heavy atom. The fourth-order valence-electron chi connectivity index (χ4n) is 2.40. The first-order valence-electron chi connectivity index (χ1n) is 7.97. The molecule has 0 aromatic heterocycles. The molecule has 1 amide bonds. The molecule has 0 saturated carbocycles. The second-order valence-corrected chi connectivity index (χ2v) is 7.31. The van der Waals surface area contributed by atoms with Gasteiger partial charge in [0.25, 0.3) is 0 Å². The number of amides is 1. The molecule has 0 saturated heterocycles. The van der Waals surface area contributed by atoms with E-state index in [-0.39, 0.29) is 23.0 Å². The number of ether oxygens (including phenoxy) is 3. The lowest BCUT2D eigenvalue weighted by Gasteiger charge is -2.13. The molecule has 0 unspecified atom stereocenters. The smallest absolute Gasteiger partial charge is 0.240 e. The monoisotopic (exact) mass is 394 g/mol. The van der Waals surface area contributed by atoms with Gasteiger partial charge < -0.3 is 19.5 Å².